The van der Waals surface area contributed by atoms with E-state index in [1.54, 1.807) is 0 Å². The van der Waals surface area contributed by atoms with Gasteiger partial charge in [-0.15, -0.1) is 5.10 Å². The van der Waals surface area contributed by atoms with Crippen molar-refractivity contribution in [3.63, 3.8) is 0 Å². The van der Waals surface area contributed by atoms with Crippen LogP contribution in [0.15, 0.2) is 6.20 Å². The van der Waals surface area contributed by atoms with Gasteiger partial charge in [0.15, 0.2) is 0 Å². The van der Waals surface area contributed by atoms with Crippen LogP contribution in [-0.2, 0) is 13.1 Å². The summed E-state index contributed by atoms with van der Waals surface area (Å²) in [6.45, 7) is 8.23. The van der Waals surface area contributed by atoms with Gasteiger partial charge in [-0.2, -0.15) is 0 Å². The molecule has 0 bridgehead atoms. The van der Waals surface area contributed by atoms with Gasteiger partial charge in [-0.05, 0) is 33.2 Å². The molecule has 5 nitrogen and oxygen atoms in total. The van der Waals surface area contributed by atoms with Gasteiger partial charge in [0.2, 0.25) is 0 Å². The lowest BCUT2D eigenvalue weighted by Crippen LogP contribution is -2.40. The molecular formula is C11H21N5. The van der Waals surface area contributed by atoms with E-state index in [0.29, 0.717) is 12.1 Å². The van der Waals surface area contributed by atoms with Crippen molar-refractivity contribution in [2.75, 3.05) is 13.1 Å². The predicted octanol–water partition coefficient (Wildman–Crippen LogP) is 0.611. The van der Waals surface area contributed by atoms with E-state index in [2.05, 4.69) is 29.1 Å². The first-order chi connectivity index (χ1) is 7.62. The zero-order valence-electron chi connectivity index (χ0n) is 10.2. The van der Waals surface area contributed by atoms with E-state index < -0.39 is 0 Å². The smallest absolute Gasteiger partial charge is 0.0962 e. The van der Waals surface area contributed by atoms with Crippen LogP contribution in [0, 0.1) is 0 Å². The van der Waals surface area contributed by atoms with E-state index in [-0.39, 0.29) is 0 Å². The molecule has 1 aliphatic rings. The minimum atomic E-state index is 0.345. The van der Waals surface area contributed by atoms with Gasteiger partial charge in [-0.1, -0.05) is 5.21 Å². The standard InChI is InChI=1S/C11H21N5/c1-11(2)4-3-5-15(11)6-7-16-9-10(8-12)13-14-16/h9H,3-8,12H2,1-2H3. The molecule has 16 heavy (non-hydrogen) atoms. The summed E-state index contributed by atoms with van der Waals surface area (Å²) in [7, 11) is 0. The summed E-state index contributed by atoms with van der Waals surface area (Å²) in [5.74, 6) is 0. The maximum atomic E-state index is 5.50. The zero-order valence-corrected chi connectivity index (χ0v) is 10.2. The van der Waals surface area contributed by atoms with Crippen LogP contribution in [0.1, 0.15) is 32.4 Å². The molecule has 0 saturated carbocycles. The SMILES string of the molecule is CC1(C)CCCN1CCn1cc(CN)nn1. The summed E-state index contributed by atoms with van der Waals surface area (Å²) < 4.78 is 1.89. The van der Waals surface area contributed by atoms with Gasteiger partial charge in [0.25, 0.3) is 0 Å². The van der Waals surface area contributed by atoms with Crippen molar-refractivity contribution in [3.05, 3.63) is 11.9 Å². The third kappa shape index (κ3) is 2.41. The van der Waals surface area contributed by atoms with Crippen molar-refractivity contribution in [1.82, 2.24) is 19.9 Å². The van der Waals surface area contributed by atoms with Crippen molar-refractivity contribution in [3.8, 4) is 0 Å². The van der Waals surface area contributed by atoms with Crippen LogP contribution in [-0.4, -0.2) is 38.5 Å². The first kappa shape index (κ1) is 11.5. The Hall–Kier alpha value is -0.940. The number of hydrogen-bond donors (Lipinski definition) is 1. The third-order valence-electron chi connectivity index (χ3n) is 3.47. The molecule has 2 rings (SSSR count). The first-order valence-electron chi connectivity index (χ1n) is 5.96. The Morgan fingerprint density at radius 1 is 1.44 bits per heavy atom. The van der Waals surface area contributed by atoms with Gasteiger partial charge in [-0.3, -0.25) is 9.58 Å². The molecule has 90 valence electrons. The summed E-state index contributed by atoms with van der Waals surface area (Å²) in [6, 6.07) is 0. The van der Waals surface area contributed by atoms with Crippen LogP contribution in [0.4, 0.5) is 0 Å². The Balaban J connectivity index is 1.87. The Labute approximate surface area is 96.6 Å². The quantitative estimate of drug-likeness (QED) is 0.812. The van der Waals surface area contributed by atoms with Crippen molar-refractivity contribution >= 4 is 0 Å². The number of nitrogens with two attached hydrogens (primary N) is 1. The van der Waals surface area contributed by atoms with Crippen LogP contribution in [0.3, 0.4) is 0 Å². The van der Waals surface area contributed by atoms with E-state index in [1.165, 1.54) is 19.4 Å². The fourth-order valence-corrected chi connectivity index (χ4v) is 2.34. The summed E-state index contributed by atoms with van der Waals surface area (Å²) in [4.78, 5) is 2.52. The maximum absolute atomic E-state index is 5.50. The van der Waals surface area contributed by atoms with Crippen LogP contribution in [0.25, 0.3) is 0 Å². The van der Waals surface area contributed by atoms with Crippen LogP contribution in [0.5, 0.6) is 0 Å². The molecule has 0 atom stereocenters. The highest BCUT2D eigenvalue weighted by atomic mass is 15.4. The van der Waals surface area contributed by atoms with Gasteiger partial charge >= 0.3 is 0 Å². The third-order valence-corrected chi connectivity index (χ3v) is 3.47. The minimum absolute atomic E-state index is 0.345. The van der Waals surface area contributed by atoms with E-state index >= 15 is 0 Å². The van der Waals surface area contributed by atoms with E-state index in [0.717, 1.165) is 18.8 Å². The number of hydrogen-bond acceptors (Lipinski definition) is 4. The van der Waals surface area contributed by atoms with E-state index in [9.17, 15) is 0 Å². The Kier molecular flexibility index (Phi) is 3.25. The van der Waals surface area contributed by atoms with Crippen molar-refractivity contribution < 1.29 is 0 Å². The van der Waals surface area contributed by atoms with Crippen molar-refractivity contribution in [1.29, 1.82) is 0 Å². The van der Waals surface area contributed by atoms with Gasteiger partial charge in [0, 0.05) is 24.8 Å². The molecule has 0 amide bonds. The molecule has 2 heterocycles. The summed E-state index contributed by atoms with van der Waals surface area (Å²) in [6.07, 6.45) is 4.53. The molecule has 1 aromatic rings. The molecular weight excluding hydrogens is 202 g/mol. The molecule has 0 aromatic carbocycles. The van der Waals surface area contributed by atoms with Gasteiger partial charge in [0.1, 0.15) is 0 Å². The zero-order chi connectivity index (χ0) is 11.6. The Morgan fingerprint density at radius 2 is 2.25 bits per heavy atom. The lowest BCUT2D eigenvalue weighted by atomic mass is 10.0. The lowest BCUT2D eigenvalue weighted by molar-refractivity contribution is 0.166. The summed E-state index contributed by atoms with van der Waals surface area (Å²) in [5.41, 5.74) is 6.70. The highest BCUT2D eigenvalue weighted by Crippen LogP contribution is 2.27. The van der Waals surface area contributed by atoms with E-state index in [4.69, 9.17) is 5.73 Å². The highest BCUT2D eigenvalue weighted by molar-refractivity contribution is 4.91. The van der Waals surface area contributed by atoms with Crippen molar-refractivity contribution in [2.24, 2.45) is 5.73 Å². The molecule has 0 radical (unpaired) electrons. The second kappa shape index (κ2) is 4.51. The number of rotatable bonds is 4. The van der Waals surface area contributed by atoms with Crippen molar-refractivity contribution in [2.45, 2.75) is 45.3 Å². The molecule has 1 aromatic heterocycles. The summed E-state index contributed by atoms with van der Waals surface area (Å²) in [5, 5.41) is 8.04. The molecule has 0 aliphatic carbocycles. The van der Waals surface area contributed by atoms with Gasteiger partial charge < -0.3 is 5.73 Å². The number of aromatic nitrogens is 3. The number of nitrogens with zero attached hydrogens (tertiary/aromatic N) is 4. The van der Waals surface area contributed by atoms with Crippen LogP contribution < -0.4 is 5.73 Å². The largest absolute Gasteiger partial charge is 0.325 e. The Morgan fingerprint density at radius 3 is 2.81 bits per heavy atom. The summed E-state index contributed by atoms with van der Waals surface area (Å²) >= 11 is 0. The second-order valence-corrected chi connectivity index (χ2v) is 5.08. The number of likely N-dealkylation sites (tertiary alicyclic amines) is 1. The minimum Gasteiger partial charge on any atom is -0.325 e. The normalized spacial score (nSPS) is 20.4. The van der Waals surface area contributed by atoms with Crippen LogP contribution in [0.2, 0.25) is 0 Å². The molecule has 0 spiro atoms. The maximum Gasteiger partial charge on any atom is 0.0962 e. The molecule has 0 unspecified atom stereocenters. The average Bonchev–Trinajstić information content (AvgIpc) is 2.81. The first-order valence-corrected chi connectivity index (χ1v) is 5.96. The topological polar surface area (TPSA) is 60.0 Å². The molecule has 1 aliphatic heterocycles. The highest BCUT2D eigenvalue weighted by Gasteiger charge is 2.31. The Bertz CT molecular complexity index is 344. The average molecular weight is 223 g/mol. The van der Waals surface area contributed by atoms with E-state index in [1.807, 2.05) is 10.9 Å². The second-order valence-electron chi connectivity index (χ2n) is 5.08. The molecule has 5 heteroatoms. The fraction of sp³-hybridized carbons (Fsp3) is 0.818. The fourth-order valence-electron chi connectivity index (χ4n) is 2.34. The molecule has 1 saturated heterocycles. The van der Waals surface area contributed by atoms with Crippen LogP contribution >= 0.6 is 0 Å². The predicted molar refractivity (Wildman–Crippen MR) is 62.8 cm³/mol. The molecule has 2 N–H and O–H groups in total. The van der Waals surface area contributed by atoms with Gasteiger partial charge in [-0.25, -0.2) is 0 Å². The van der Waals surface area contributed by atoms with Gasteiger partial charge in [0.05, 0.1) is 12.2 Å². The monoisotopic (exact) mass is 223 g/mol. The molecule has 1 fully saturated rings. The lowest BCUT2D eigenvalue weighted by Gasteiger charge is -2.31.